The Morgan fingerprint density at radius 3 is 1.80 bits per heavy atom. The molecule has 4 heteroatoms. The summed E-state index contributed by atoms with van der Waals surface area (Å²) in [5, 5.41) is 0. The number of hydrogen-bond donors (Lipinski definition) is 0. The average molecular weight is 168 g/mol. The second kappa shape index (κ2) is 3.91. The molecule has 10 heavy (non-hydrogen) atoms. The van der Waals surface area contributed by atoms with Crippen LogP contribution in [-0.2, 0) is 10.2 Å². The molecule has 62 valence electrons. The fourth-order valence-corrected chi connectivity index (χ4v) is 1.84. The van der Waals surface area contributed by atoms with E-state index < -0.39 is 10.2 Å². The summed E-state index contributed by atoms with van der Waals surface area (Å²) in [4.78, 5) is 0. The summed E-state index contributed by atoms with van der Waals surface area (Å²) < 4.78 is 32.2. The van der Waals surface area contributed by atoms with Crippen LogP contribution in [0.5, 0.6) is 0 Å². The van der Waals surface area contributed by atoms with E-state index >= 15 is 0 Å². The van der Waals surface area contributed by atoms with Gasteiger partial charge in [0.1, 0.15) is 0 Å². The molecule has 0 spiro atoms. The monoisotopic (exact) mass is 168 g/mol. The summed E-state index contributed by atoms with van der Waals surface area (Å²) in [7, 11) is -4.25. The van der Waals surface area contributed by atoms with E-state index in [2.05, 4.69) is 0 Å². The maximum atomic E-state index is 12.0. The van der Waals surface area contributed by atoms with Crippen LogP contribution in [-0.4, -0.2) is 14.2 Å². The molecular formula is C6H13FO2S. The molecule has 0 aliphatic rings. The number of hydrogen-bond acceptors (Lipinski definition) is 2. The van der Waals surface area contributed by atoms with E-state index in [0.29, 0.717) is 0 Å². The lowest BCUT2D eigenvalue weighted by Crippen LogP contribution is -2.10. The Bertz CT molecular complexity index is 170. The Morgan fingerprint density at radius 1 is 1.30 bits per heavy atom. The molecule has 0 saturated carbocycles. The van der Waals surface area contributed by atoms with Gasteiger partial charge < -0.3 is 0 Å². The molecule has 0 N–H and O–H groups in total. The first-order valence-electron chi connectivity index (χ1n) is 3.42. The van der Waals surface area contributed by atoms with Crippen LogP contribution in [0.3, 0.4) is 0 Å². The van der Waals surface area contributed by atoms with E-state index in [-0.39, 0.29) is 11.7 Å². The van der Waals surface area contributed by atoms with Gasteiger partial charge in [0.25, 0.3) is 0 Å². The van der Waals surface area contributed by atoms with Crippen molar-refractivity contribution >= 4 is 10.2 Å². The Labute approximate surface area is 61.7 Å². The predicted octanol–water partition coefficient (Wildman–Crippen LogP) is 1.72. The van der Waals surface area contributed by atoms with Crippen molar-refractivity contribution in [2.45, 2.75) is 26.7 Å². The van der Waals surface area contributed by atoms with Crippen molar-refractivity contribution in [2.75, 3.05) is 5.75 Å². The molecule has 0 fully saturated rings. The van der Waals surface area contributed by atoms with Gasteiger partial charge in [0.05, 0.1) is 5.75 Å². The molecule has 0 amide bonds. The minimum Gasteiger partial charge on any atom is -0.195 e. The molecule has 0 aromatic carbocycles. The number of halogens is 1. The summed E-state index contributed by atoms with van der Waals surface area (Å²) in [5.41, 5.74) is 0. The average Bonchev–Trinajstić information content (AvgIpc) is 1.81. The van der Waals surface area contributed by atoms with Crippen LogP contribution in [0.2, 0.25) is 0 Å². The summed E-state index contributed by atoms with van der Waals surface area (Å²) in [6.45, 7) is 3.72. The largest absolute Gasteiger partial charge is 0.302 e. The van der Waals surface area contributed by atoms with Gasteiger partial charge in [-0.15, -0.1) is 3.89 Å². The molecule has 0 bridgehead atoms. The van der Waals surface area contributed by atoms with E-state index in [0.717, 1.165) is 12.8 Å². The molecule has 0 atom stereocenters. The van der Waals surface area contributed by atoms with E-state index in [1.54, 1.807) is 0 Å². The maximum Gasteiger partial charge on any atom is 0.302 e. The molecule has 0 aromatic rings. The van der Waals surface area contributed by atoms with Gasteiger partial charge in [-0.05, 0) is 5.92 Å². The second-order valence-corrected chi connectivity index (χ2v) is 3.80. The van der Waals surface area contributed by atoms with Gasteiger partial charge in [-0.25, -0.2) is 0 Å². The fraction of sp³-hybridized carbons (Fsp3) is 1.00. The Balaban J connectivity index is 3.87. The molecule has 0 unspecified atom stereocenters. The summed E-state index contributed by atoms with van der Waals surface area (Å²) in [6.07, 6.45) is 1.44. The van der Waals surface area contributed by atoms with Crippen LogP contribution in [0.15, 0.2) is 0 Å². The van der Waals surface area contributed by atoms with E-state index in [4.69, 9.17) is 0 Å². The van der Waals surface area contributed by atoms with Gasteiger partial charge in [-0.1, -0.05) is 26.7 Å². The van der Waals surface area contributed by atoms with Crippen LogP contribution in [0, 0.1) is 5.92 Å². The SMILES string of the molecule is CCC(CC)CS(=O)(=O)F. The molecule has 0 aliphatic heterocycles. The lowest BCUT2D eigenvalue weighted by molar-refractivity contribution is 0.500. The fourth-order valence-electron chi connectivity index (χ4n) is 0.806. The zero-order valence-electron chi connectivity index (χ0n) is 6.30. The molecule has 0 aromatic heterocycles. The van der Waals surface area contributed by atoms with Gasteiger partial charge >= 0.3 is 10.2 Å². The molecule has 0 heterocycles. The van der Waals surface area contributed by atoms with Gasteiger partial charge in [0, 0.05) is 0 Å². The molecule has 0 aliphatic carbocycles. The van der Waals surface area contributed by atoms with Gasteiger partial charge in [0.2, 0.25) is 0 Å². The predicted molar refractivity (Wildman–Crippen MR) is 39.0 cm³/mol. The van der Waals surface area contributed by atoms with Crippen molar-refractivity contribution < 1.29 is 12.3 Å². The third kappa shape index (κ3) is 4.73. The second-order valence-electron chi connectivity index (χ2n) is 2.39. The Morgan fingerprint density at radius 2 is 1.70 bits per heavy atom. The van der Waals surface area contributed by atoms with Crippen LogP contribution >= 0.6 is 0 Å². The molecular weight excluding hydrogens is 155 g/mol. The van der Waals surface area contributed by atoms with Crippen molar-refractivity contribution in [2.24, 2.45) is 5.92 Å². The highest BCUT2D eigenvalue weighted by Gasteiger charge is 2.14. The van der Waals surface area contributed by atoms with Gasteiger partial charge in [-0.3, -0.25) is 0 Å². The third-order valence-electron chi connectivity index (χ3n) is 1.59. The smallest absolute Gasteiger partial charge is 0.195 e. The van der Waals surface area contributed by atoms with Gasteiger partial charge in [-0.2, -0.15) is 8.42 Å². The lowest BCUT2D eigenvalue weighted by Gasteiger charge is -2.06. The van der Waals surface area contributed by atoms with E-state index in [9.17, 15) is 12.3 Å². The van der Waals surface area contributed by atoms with Crippen LogP contribution < -0.4 is 0 Å². The zero-order chi connectivity index (χ0) is 8.20. The first kappa shape index (κ1) is 9.88. The topological polar surface area (TPSA) is 34.1 Å². The van der Waals surface area contributed by atoms with Crippen LogP contribution in [0.1, 0.15) is 26.7 Å². The summed E-state index contributed by atoms with van der Waals surface area (Å²) in [5.74, 6) is -0.338. The summed E-state index contributed by atoms with van der Waals surface area (Å²) in [6, 6.07) is 0. The molecule has 2 nitrogen and oxygen atoms in total. The lowest BCUT2D eigenvalue weighted by atomic mass is 10.1. The number of rotatable bonds is 4. The van der Waals surface area contributed by atoms with Gasteiger partial charge in [0.15, 0.2) is 0 Å². The maximum absolute atomic E-state index is 12.0. The standard InChI is InChI=1S/C6H13FO2S/c1-3-6(4-2)5-10(7,8)9/h6H,3-5H2,1-2H3. The normalized spacial score (nSPS) is 12.4. The zero-order valence-corrected chi connectivity index (χ0v) is 7.12. The first-order chi connectivity index (χ1) is 4.49. The molecule has 0 rings (SSSR count). The summed E-state index contributed by atoms with van der Waals surface area (Å²) >= 11 is 0. The van der Waals surface area contributed by atoms with Crippen molar-refractivity contribution in [3.8, 4) is 0 Å². The van der Waals surface area contributed by atoms with Crippen molar-refractivity contribution in [3.05, 3.63) is 0 Å². The molecule has 0 saturated heterocycles. The minimum atomic E-state index is -4.25. The highest BCUT2D eigenvalue weighted by Crippen LogP contribution is 2.11. The Kier molecular flexibility index (Phi) is 3.86. The highest BCUT2D eigenvalue weighted by atomic mass is 32.3. The quantitative estimate of drug-likeness (QED) is 0.599. The molecule has 0 radical (unpaired) electrons. The van der Waals surface area contributed by atoms with Crippen LogP contribution in [0.25, 0.3) is 0 Å². The Hall–Kier alpha value is -0.120. The van der Waals surface area contributed by atoms with Crippen molar-refractivity contribution in [1.82, 2.24) is 0 Å². The van der Waals surface area contributed by atoms with Crippen molar-refractivity contribution in [3.63, 3.8) is 0 Å². The first-order valence-corrected chi connectivity index (χ1v) is 4.97. The van der Waals surface area contributed by atoms with E-state index in [1.165, 1.54) is 0 Å². The third-order valence-corrected chi connectivity index (χ3v) is 2.46. The van der Waals surface area contributed by atoms with Crippen molar-refractivity contribution in [1.29, 1.82) is 0 Å². The minimum absolute atomic E-state index is 0.0185. The van der Waals surface area contributed by atoms with E-state index in [1.807, 2.05) is 13.8 Å². The highest BCUT2D eigenvalue weighted by molar-refractivity contribution is 7.86. The van der Waals surface area contributed by atoms with Crippen LogP contribution in [0.4, 0.5) is 3.89 Å².